The van der Waals surface area contributed by atoms with Crippen LogP contribution in [0.2, 0.25) is 0 Å². The Hall–Kier alpha value is -0.120. The third-order valence-corrected chi connectivity index (χ3v) is 11.8. The summed E-state index contributed by atoms with van der Waals surface area (Å²) in [5.74, 6) is 0. The van der Waals surface area contributed by atoms with Gasteiger partial charge in [0.05, 0.1) is 0 Å². The van der Waals surface area contributed by atoms with Gasteiger partial charge in [-0.1, -0.05) is 20.3 Å². The van der Waals surface area contributed by atoms with Crippen LogP contribution in [0.25, 0.3) is 0 Å². The normalized spacial score (nSPS) is 31.8. The molecule has 3 atom stereocenters. The van der Waals surface area contributed by atoms with Crippen LogP contribution in [0.3, 0.4) is 0 Å². The number of piperidine rings is 3. The lowest BCUT2D eigenvalue weighted by Gasteiger charge is -2.50. The van der Waals surface area contributed by atoms with Crippen molar-refractivity contribution < 1.29 is 0 Å². The summed E-state index contributed by atoms with van der Waals surface area (Å²) >= 11 is 0. The van der Waals surface area contributed by atoms with Crippen LogP contribution in [0.4, 0.5) is 0 Å². The Kier molecular flexibility index (Phi) is 7.75. The van der Waals surface area contributed by atoms with Gasteiger partial charge in [-0.15, -0.1) is 0 Å². The third kappa shape index (κ3) is 6.05. The van der Waals surface area contributed by atoms with E-state index in [2.05, 4.69) is 42.4 Å². The number of hydrogen-bond acceptors (Lipinski definition) is 3. The van der Waals surface area contributed by atoms with Crippen LogP contribution in [-0.4, -0.2) is 72.1 Å². The molecule has 3 heterocycles. The molecule has 196 valence electrons. The van der Waals surface area contributed by atoms with Gasteiger partial charge in [-0.3, -0.25) is 0 Å². The first-order valence-corrected chi connectivity index (χ1v) is 15.5. The Morgan fingerprint density at radius 3 is 1.32 bits per heavy atom. The average Bonchev–Trinajstić information content (AvgIpc) is 3.57. The summed E-state index contributed by atoms with van der Waals surface area (Å²) in [5, 5.41) is 0. The van der Waals surface area contributed by atoms with Crippen molar-refractivity contribution in [3.05, 3.63) is 0 Å². The molecular weight excluding hydrogens is 414 g/mol. The van der Waals surface area contributed by atoms with Crippen LogP contribution in [0, 0.1) is 16.2 Å². The van der Waals surface area contributed by atoms with E-state index in [0.717, 1.165) is 29.0 Å². The molecule has 0 radical (unpaired) electrons. The van der Waals surface area contributed by atoms with E-state index in [-0.39, 0.29) is 0 Å². The highest BCUT2D eigenvalue weighted by molar-refractivity contribution is 4.98. The van der Waals surface area contributed by atoms with Crippen LogP contribution in [0.5, 0.6) is 0 Å². The predicted molar refractivity (Wildman–Crippen MR) is 145 cm³/mol. The van der Waals surface area contributed by atoms with Gasteiger partial charge in [-0.25, -0.2) is 0 Å². The molecule has 2 saturated carbocycles. The fourth-order valence-corrected chi connectivity index (χ4v) is 7.97. The Morgan fingerprint density at radius 2 is 0.912 bits per heavy atom. The van der Waals surface area contributed by atoms with E-state index < -0.39 is 0 Å². The van der Waals surface area contributed by atoms with Crippen molar-refractivity contribution in [3.63, 3.8) is 0 Å². The standard InChI is InChI=1S/C31H57N3/c1-26(32-20-14-29(3,4)15-21-32)6-8-28(34-24-18-30(19-25-34)10-5-11-30)9-7-27(2)33-22-16-31(12-13-31)17-23-33/h26-28H,5-25H2,1-4H3. The van der Waals surface area contributed by atoms with Crippen LogP contribution in [0.15, 0.2) is 0 Å². The average molecular weight is 472 g/mol. The number of hydrogen-bond donors (Lipinski definition) is 0. The van der Waals surface area contributed by atoms with Gasteiger partial charge >= 0.3 is 0 Å². The summed E-state index contributed by atoms with van der Waals surface area (Å²) in [5.41, 5.74) is 2.15. The number of likely N-dealkylation sites (tertiary alicyclic amines) is 3. The van der Waals surface area contributed by atoms with Gasteiger partial charge in [-0.2, -0.15) is 0 Å². The van der Waals surface area contributed by atoms with Crippen molar-refractivity contribution in [1.29, 1.82) is 0 Å². The van der Waals surface area contributed by atoms with Gasteiger partial charge in [-0.05, 0) is 159 Å². The zero-order valence-corrected chi connectivity index (χ0v) is 23.4. The monoisotopic (exact) mass is 471 g/mol. The second-order valence-electron chi connectivity index (χ2n) is 14.6. The van der Waals surface area contributed by atoms with Crippen molar-refractivity contribution >= 4 is 0 Å². The second-order valence-corrected chi connectivity index (χ2v) is 14.6. The lowest BCUT2D eigenvalue weighted by Crippen LogP contribution is -2.49. The molecule has 0 N–H and O–H groups in total. The molecule has 34 heavy (non-hydrogen) atoms. The van der Waals surface area contributed by atoms with Crippen LogP contribution in [0.1, 0.15) is 124 Å². The van der Waals surface area contributed by atoms with E-state index in [0.29, 0.717) is 5.41 Å². The smallest absolute Gasteiger partial charge is 0.00964 e. The summed E-state index contributed by atoms with van der Waals surface area (Å²) in [6, 6.07) is 2.36. The van der Waals surface area contributed by atoms with Crippen molar-refractivity contribution in [1.82, 2.24) is 14.7 Å². The molecule has 3 aliphatic heterocycles. The third-order valence-electron chi connectivity index (χ3n) is 11.8. The van der Waals surface area contributed by atoms with Crippen LogP contribution < -0.4 is 0 Å². The van der Waals surface area contributed by atoms with E-state index in [1.165, 1.54) is 136 Å². The van der Waals surface area contributed by atoms with Crippen LogP contribution >= 0.6 is 0 Å². The molecule has 3 unspecified atom stereocenters. The Labute approximate surface area is 212 Å². The van der Waals surface area contributed by atoms with Crippen molar-refractivity contribution in [2.45, 2.75) is 142 Å². The van der Waals surface area contributed by atoms with Gasteiger partial charge in [0.1, 0.15) is 0 Å². The molecule has 2 spiro atoms. The molecule has 5 aliphatic rings. The molecule has 0 bridgehead atoms. The quantitative estimate of drug-likeness (QED) is 0.360. The molecular formula is C31H57N3. The van der Waals surface area contributed by atoms with E-state index in [1.54, 1.807) is 0 Å². The van der Waals surface area contributed by atoms with Crippen molar-refractivity contribution in [2.24, 2.45) is 16.2 Å². The Morgan fingerprint density at radius 1 is 0.500 bits per heavy atom. The fraction of sp³-hybridized carbons (Fsp3) is 1.00. The van der Waals surface area contributed by atoms with Crippen molar-refractivity contribution in [3.8, 4) is 0 Å². The Bertz CT molecular complexity index is 606. The lowest BCUT2D eigenvalue weighted by atomic mass is 9.63. The lowest BCUT2D eigenvalue weighted by molar-refractivity contribution is 0.00773. The highest BCUT2D eigenvalue weighted by atomic mass is 15.2. The minimum absolute atomic E-state index is 0.563. The van der Waals surface area contributed by atoms with E-state index in [9.17, 15) is 0 Å². The molecule has 3 nitrogen and oxygen atoms in total. The molecule has 5 fully saturated rings. The molecule has 2 aliphatic carbocycles. The van der Waals surface area contributed by atoms with Gasteiger partial charge in [0, 0.05) is 18.1 Å². The van der Waals surface area contributed by atoms with E-state index in [1.807, 2.05) is 0 Å². The highest BCUT2D eigenvalue weighted by Gasteiger charge is 2.45. The molecule has 0 aromatic heterocycles. The van der Waals surface area contributed by atoms with Gasteiger partial charge in [0.15, 0.2) is 0 Å². The second kappa shape index (κ2) is 10.3. The molecule has 0 aromatic carbocycles. The van der Waals surface area contributed by atoms with Gasteiger partial charge in [0.25, 0.3) is 0 Å². The first-order chi connectivity index (χ1) is 16.3. The van der Waals surface area contributed by atoms with Crippen molar-refractivity contribution in [2.75, 3.05) is 39.3 Å². The first kappa shape index (κ1) is 25.5. The SMILES string of the molecule is CC(CCC(CCC(C)N1CCC2(CC1)CC2)N1CCC2(CCC2)CC1)N1CCC(C)(C)CC1. The van der Waals surface area contributed by atoms with Gasteiger partial charge in [0.2, 0.25) is 0 Å². The summed E-state index contributed by atoms with van der Waals surface area (Å²) in [6.07, 6.45) is 22.0. The molecule has 5 rings (SSSR count). The zero-order valence-electron chi connectivity index (χ0n) is 23.4. The summed E-state index contributed by atoms with van der Waals surface area (Å²) in [6.45, 7) is 18.2. The molecule has 0 aromatic rings. The topological polar surface area (TPSA) is 9.72 Å². The fourth-order valence-electron chi connectivity index (χ4n) is 7.97. The maximum absolute atomic E-state index is 2.96. The maximum Gasteiger partial charge on any atom is 0.00964 e. The maximum atomic E-state index is 2.96. The first-order valence-electron chi connectivity index (χ1n) is 15.5. The zero-order chi connectivity index (χ0) is 23.8. The predicted octanol–water partition coefficient (Wildman–Crippen LogP) is 6.96. The summed E-state index contributed by atoms with van der Waals surface area (Å²) in [4.78, 5) is 8.61. The highest BCUT2D eigenvalue weighted by Crippen LogP contribution is 2.54. The molecule has 3 saturated heterocycles. The largest absolute Gasteiger partial charge is 0.301 e. The molecule has 0 amide bonds. The Balaban J connectivity index is 1.12. The number of nitrogens with zero attached hydrogens (tertiary/aromatic N) is 3. The van der Waals surface area contributed by atoms with E-state index in [4.69, 9.17) is 0 Å². The minimum Gasteiger partial charge on any atom is -0.301 e. The van der Waals surface area contributed by atoms with E-state index >= 15 is 0 Å². The minimum atomic E-state index is 0.563. The summed E-state index contributed by atoms with van der Waals surface area (Å²) in [7, 11) is 0. The van der Waals surface area contributed by atoms with Gasteiger partial charge < -0.3 is 14.7 Å². The van der Waals surface area contributed by atoms with Crippen LogP contribution in [-0.2, 0) is 0 Å². The number of rotatable bonds is 9. The summed E-state index contributed by atoms with van der Waals surface area (Å²) < 4.78 is 0. The molecule has 3 heteroatoms.